The zero-order chi connectivity index (χ0) is 32.0. The van der Waals surface area contributed by atoms with Crippen LogP contribution in [0.5, 0.6) is 0 Å². The average molecular weight is 660 g/mol. The van der Waals surface area contributed by atoms with Gasteiger partial charge in [0.05, 0.1) is 35.0 Å². The third-order valence-corrected chi connectivity index (χ3v) is 8.49. The first-order valence-corrected chi connectivity index (χ1v) is 14.6. The van der Waals surface area contributed by atoms with E-state index in [0.717, 1.165) is 33.4 Å². The van der Waals surface area contributed by atoms with Crippen molar-refractivity contribution in [3.05, 3.63) is 69.3 Å². The first-order chi connectivity index (χ1) is 20.8. The predicted molar refractivity (Wildman–Crippen MR) is 169 cm³/mol. The number of carboxylic acids is 2. The molecule has 5 heterocycles. The Kier molecular flexibility index (Phi) is 9.89. The average Bonchev–Trinajstić information content (AvgIpc) is 3.59. The molecule has 4 N–H and O–H groups in total. The normalized spacial score (nSPS) is 14.4. The Bertz CT molecular complexity index is 1930. The quantitative estimate of drug-likeness (QED) is 0.245. The minimum absolute atomic E-state index is 0. The number of rotatable bonds is 8. The Morgan fingerprint density at radius 2 is 1.02 bits per heavy atom. The molecule has 0 aromatic carbocycles. The van der Waals surface area contributed by atoms with E-state index in [0.29, 0.717) is 56.0 Å². The summed E-state index contributed by atoms with van der Waals surface area (Å²) in [4.78, 5) is 42.6. The molecule has 2 unspecified atom stereocenters. The van der Waals surface area contributed by atoms with Gasteiger partial charge in [-0.15, -0.1) is 22.1 Å². The van der Waals surface area contributed by atoms with Gasteiger partial charge in [0.15, 0.2) is 0 Å². The molecule has 0 fully saturated rings. The van der Waals surface area contributed by atoms with Crippen LogP contribution in [0, 0.1) is 13.8 Å². The fourth-order valence-corrected chi connectivity index (χ4v) is 6.15. The maximum absolute atomic E-state index is 11.5. The number of aliphatic carboxylic acids is 2. The van der Waals surface area contributed by atoms with E-state index in [1.54, 1.807) is 26.0 Å². The van der Waals surface area contributed by atoms with Crippen LogP contribution in [0.3, 0.4) is 0 Å². The molecule has 0 saturated heterocycles. The number of hydrogen-bond acceptors (Lipinski definition) is 6. The molecule has 0 amide bonds. The van der Waals surface area contributed by atoms with Crippen molar-refractivity contribution in [3.8, 4) is 0 Å². The fraction of sp³-hybridized carbons (Fsp3) is 0.353. The topological polar surface area (TPSA) is 169 Å². The van der Waals surface area contributed by atoms with E-state index < -0.39 is 24.1 Å². The Morgan fingerprint density at radius 3 is 1.42 bits per heavy atom. The van der Waals surface area contributed by atoms with Gasteiger partial charge in [-0.05, 0) is 71.6 Å². The van der Waals surface area contributed by atoms with Crippen LogP contribution in [0.15, 0.2) is 24.3 Å². The first-order valence-electron chi connectivity index (χ1n) is 14.6. The Morgan fingerprint density at radius 1 is 0.644 bits per heavy atom. The zero-order valence-electron chi connectivity index (χ0n) is 26.0. The SMILES string of the molecule is CC1=C(C(C)O)c2cc3nc(cc4[n-]c(cc5[n-]c(cc1n2)c(C)c5CCC(=O)O)c(CCC(=O)O)c4C)C(C(C)O)=C3C.[Cu+2]. The number of aliphatic hydroxyl groups is 2. The van der Waals surface area contributed by atoms with Crippen LogP contribution in [0.4, 0.5) is 0 Å². The number of nitrogens with zero attached hydrogens (tertiary/aromatic N) is 4. The van der Waals surface area contributed by atoms with Gasteiger partial charge in [-0.2, -0.15) is 0 Å². The maximum Gasteiger partial charge on any atom is 2.00 e. The number of aliphatic hydroxyl groups excluding tert-OH is 2. The molecule has 3 aromatic rings. The number of carboxylic acid groups (broad SMARTS) is 2. The van der Waals surface area contributed by atoms with Gasteiger partial charge in [-0.1, -0.05) is 40.5 Å². The minimum Gasteiger partial charge on any atom is -0.657 e. The Balaban J connectivity index is 0.00000461. The van der Waals surface area contributed by atoms with Gasteiger partial charge in [0.1, 0.15) is 0 Å². The van der Waals surface area contributed by atoms with Crippen LogP contribution >= 0.6 is 0 Å². The molecule has 2 aliphatic heterocycles. The van der Waals surface area contributed by atoms with Crippen molar-refractivity contribution in [1.29, 1.82) is 0 Å². The molecule has 2 aliphatic rings. The van der Waals surface area contributed by atoms with E-state index >= 15 is 0 Å². The zero-order valence-corrected chi connectivity index (χ0v) is 26.9. The Hall–Kier alpha value is -4.02. The second-order valence-electron chi connectivity index (χ2n) is 11.5. The van der Waals surface area contributed by atoms with Crippen LogP contribution in [0.25, 0.3) is 44.4 Å². The second-order valence-corrected chi connectivity index (χ2v) is 11.5. The van der Waals surface area contributed by atoms with Gasteiger partial charge in [-0.3, -0.25) is 9.59 Å². The third-order valence-electron chi connectivity index (χ3n) is 8.49. The maximum atomic E-state index is 11.5. The molecule has 5 rings (SSSR count). The number of allylic oxidation sites excluding steroid dienone is 2. The van der Waals surface area contributed by atoms with Crippen molar-refractivity contribution in [3.63, 3.8) is 0 Å². The van der Waals surface area contributed by atoms with Gasteiger partial charge >= 0.3 is 29.0 Å². The smallest absolute Gasteiger partial charge is 0.657 e. The van der Waals surface area contributed by atoms with Crippen LogP contribution in [0.1, 0.15) is 85.6 Å². The van der Waals surface area contributed by atoms with E-state index in [1.165, 1.54) is 0 Å². The van der Waals surface area contributed by atoms with E-state index in [2.05, 4.69) is 0 Å². The molecular formula is C34H36CuN4O6. The summed E-state index contributed by atoms with van der Waals surface area (Å²) in [6, 6.07) is 7.25. The molecule has 3 aromatic heterocycles. The number of carbonyl (C=O) groups is 2. The van der Waals surface area contributed by atoms with Gasteiger partial charge in [0, 0.05) is 24.0 Å². The van der Waals surface area contributed by atoms with E-state index in [4.69, 9.17) is 19.9 Å². The summed E-state index contributed by atoms with van der Waals surface area (Å²) in [6.07, 6.45) is -1.32. The van der Waals surface area contributed by atoms with Crippen molar-refractivity contribution in [2.24, 2.45) is 0 Å². The summed E-state index contributed by atoms with van der Waals surface area (Å²) in [5.74, 6) is -1.86. The standard InChI is InChI=1S/C34H38N4O6.Cu/c1-15-21(7-9-31(41)42)27-14-28-22(8-10-32(43)44)16(2)24(36-28)12-29-34(20(6)40)18(4)26(38-29)13-30-33(19(5)39)17(3)25(37-30)11-23(15)35-27;/h11-14,19-20,39-40H,7-10H2,1-6H3,(H4,35,36,37,38,41,42,43,44);/q;+2/p-2. The molecule has 2 atom stereocenters. The van der Waals surface area contributed by atoms with Crippen molar-refractivity contribution in [1.82, 2.24) is 19.9 Å². The predicted octanol–water partition coefficient (Wildman–Crippen LogP) is 4.84. The van der Waals surface area contributed by atoms with Crippen molar-refractivity contribution >= 4 is 56.3 Å². The summed E-state index contributed by atoms with van der Waals surface area (Å²) in [5, 5.41) is 40.4. The monoisotopic (exact) mass is 659 g/mol. The van der Waals surface area contributed by atoms with Gasteiger partial charge in [0.2, 0.25) is 0 Å². The van der Waals surface area contributed by atoms with E-state index in [9.17, 15) is 30.0 Å². The molecular weight excluding hydrogens is 624 g/mol. The number of fused-ring (bicyclic) bond motifs is 8. The van der Waals surface area contributed by atoms with Gasteiger partial charge in [0.25, 0.3) is 0 Å². The van der Waals surface area contributed by atoms with Crippen molar-refractivity contribution < 1.29 is 47.1 Å². The summed E-state index contributed by atoms with van der Waals surface area (Å²) in [6.45, 7) is 10.9. The van der Waals surface area contributed by atoms with Gasteiger partial charge < -0.3 is 30.4 Å². The summed E-state index contributed by atoms with van der Waals surface area (Å²) < 4.78 is 0. The first kappa shape index (κ1) is 33.9. The van der Waals surface area contributed by atoms with Crippen LogP contribution in [-0.2, 0) is 39.5 Å². The molecule has 0 aliphatic carbocycles. The van der Waals surface area contributed by atoms with Gasteiger partial charge in [-0.25, -0.2) is 9.97 Å². The van der Waals surface area contributed by atoms with E-state index in [-0.39, 0.29) is 42.8 Å². The Labute approximate surface area is 271 Å². The molecule has 45 heavy (non-hydrogen) atoms. The third kappa shape index (κ3) is 6.53. The summed E-state index contributed by atoms with van der Waals surface area (Å²) >= 11 is 0. The van der Waals surface area contributed by atoms with Crippen LogP contribution in [-0.4, -0.2) is 54.5 Å². The minimum atomic E-state index is -0.931. The molecule has 1 radical (unpaired) electrons. The number of aryl methyl sites for hydroxylation is 4. The second kappa shape index (κ2) is 13.1. The number of hydrogen-bond donors (Lipinski definition) is 4. The number of aromatic nitrogens is 4. The largest absolute Gasteiger partial charge is 2.00 e. The molecule has 11 heteroatoms. The van der Waals surface area contributed by atoms with Crippen molar-refractivity contribution in [2.75, 3.05) is 0 Å². The molecule has 8 bridgehead atoms. The summed E-state index contributed by atoms with van der Waals surface area (Å²) in [7, 11) is 0. The molecule has 239 valence electrons. The molecule has 10 nitrogen and oxygen atoms in total. The van der Waals surface area contributed by atoms with Crippen LogP contribution in [0.2, 0.25) is 0 Å². The van der Waals surface area contributed by atoms with Crippen LogP contribution < -0.4 is 9.97 Å². The molecule has 0 saturated carbocycles. The molecule has 0 spiro atoms. The van der Waals surface area contributed by atoms with Crippen molar-refractivity contribution in [2.45, 2.75) is 79.4 Å². The summed E-state index contributed by atoms with van der Waals surface area (Å²) in [5.41, 5.74) is 10.6. The fourth-order valence-electron chi connectivity index (χ4n) is 6.15. The van der Waals surface area contributed by atoms with E-state index in [1.807, 2.05) is 39.8 Å².